The molecule has 1 unspecified atom stereocenters. The minimum absolute atomic E-state index is 0. The minimum atomic E-state index is -0.331. The van der Waals surface area contributed by atoms with Crippen LogP contribution >= 0.6 is 12.4 Å². The predicted octanol–water partition coefficient (Wildman–Crippen LogP) is 2.15. The number of ether oxygens (including phenoxy) is 2. The van der Waals surface area contributed by atoms with Crippen LogP contribution in [0.3, 0.4) is 0 Å². The average Bonchev–Trinajstić information content (AvgIpc) is 3.27. The number of fused-ring (bicyclic) bond motifs is 1. The van der Waals surface area contributed by atoms with E-state index in [0.29, 0.717) is 35.5 Å². The van der Waals surface area contributed by atoms with Crippen LogP contribution in [0.5, 0.6) is 11.5 Å². The highest BCUT2D eigenvalue weighted by Gasteiger charge is 2.38. The Morgan fingerprint density at radius 3 is 2.60 bits per heavy atom. The maximum atomic E-state index is 12.6. The molecule has 0 spiro atoms. The molecule has 2 fully saturated rings. The van der Waals surface area contributed by atoms with Crippen molar-refractivity contribution in [1.82, 2.24) is 4.90 Å². The normalized spacial score (nSPS) is 22.2. The van der Waals surface area contributed by atoms with Crippen LogP contribution in [0, 0.1) is 5.92 Å². The van der Waals surface area contributed by atoms with Crippen LogP contribution in [-0.2, 0) is 9.59 Å². The summed E-state index contributed by atoms with van der Waals surface area (Å²) < 4.78 is 10.6. The Labute approximate surface area is 152 Å². The molecule has 7 nitrogen and oxygen atoms in total. The van der Waals surface area contributed by atoms with Gasteiger partial charge in [0.05, 0.1) is 17.3 Å². The Kier molecular flexibility index (Phi) is 4.94. The molecule has 0 radical (unpaired) electrons. The molecule has 136 valence electrons. The molecular weight excluding hydrogens is 346 g/mol. The lowest BCUT2D eigenvalue weighted by Gasteiger charge is -2.23. The summed E-state index contributed by atoms with van der Waals surface area (Å²) in [6.45, 7) is 0.652. The standard InChI is InChI=1S/C17H21N3O4.ClH/c18-12-6-14-15(24-9-23-14)7-13(12)19-17(22)10-5-16(21)20(8-10)11-3-1-2-4-11;/h6-7,10-11H,1-5,8-9,18H2,(H,19,22);1H. The SMILES string of the molecule is Cl.Nc1cc2c(cc1NC(=O)C1CC(=O)N(C3CCCC3)C1)OCO2. The van der Waals surface area contributed by atoms with Crippen molar-refractivity contribution in [2.24, 2.45) is 5.92 Å². The van der Waals surface area contributed by atoms with Gasteiger partial charge in [-0.2, -0.15) is 0 Å². The van der Waals surface area contributed by atoms with Gasteiger partial charge in [0.15, 0.2) is 11.5 Å². The van der Waals surface area contributed by atoms with Crippen LogP contribution in [0.25, 0.3) is 0 Å². The molecule has 2 heterocycles. The summed E-state index contributed by atoms with van der Waals surface area (Å²) in [7, 11) is 0. The van der Waals surface area contributed by atoms with Crippen molar-refractivity contribution < 1.29 is 19.1 Å². The summed E-state index contributed by atoms with van der Waals surface area (Å²) in [5, 5.41) is 2.84. The van der Waals surface area contributed by atoms with Crippen molar-refractivity contribution in [3.05, 3.63) is 12.1 Å². The monoisotopic (exact) mass is 367 g/mol. The Morgan fingerprint density at radius 2 is 1.88 bits per heavy atom. The summed E-state index contributed by atoms with van der Waals surface area (Å²) in [5.74, 6) is 0.724. The highest BCUT2D eigenvalue weighted by Crippen LogP contribution is 2.38. The first kappa shape index (κ1) is 17.7. The summed E-state index contributed by atoms with van der Waals surface area (Å²) in [6.07, 6.45) is 4.70. The van der Waals surface area contributed by atoms with Crippen LogP contribution in [-0.4, -0.2) is 36.1 Å². The third kappa shape index (κ3) is 3.33. The van der Waals surface area contributed by atoms with E-state index in [4.69, 9.17) is 15.2 Å². The fraction of sp³-hybridized carbons (Fsp3) is 0.529. The number of halogens is 1. The van der Waals surface area contributed by atoms with Gasteiger partial charge in [0.1, 0.15) is 0 Å². The zero-order chi connectivity index (χ0) is 16.7. The van der Waals surface area contributed by atoms with Gasteiger partial charge >= 0.3 is 0 Å². The first-order valence-electron chi connectivity index (χ1n) is 8.41. The maximum absolute atomic E-state index is 12.6. The lowest BCUT2D eigenvalue weighted by atomic mass is 10.1. The Morgan fingerprint density at radius 1 is 1.20 bits per heavy atom. The number of nitrogens with two attached hydrogens (primary N) is 1. The summed E-state index contributed by atoms with van der Waals surface area (Å²) in [5.41, 5.74) is 6.88. The fourth-order valence-electron chi connectivity index (χ4n) is 3.78. The zero-order valence-corrected chi connectivity index (χ0v) is 14.6. The molecule has 0 aromatic heterocycles. The van der Waals surface area contributed by atoms with E-state index in [9.17, 15) is 9.59 Å². The molecule has 1 aromatic carbocycles. The smallest absolute Gasteiger partial charge is 0.231 e. The second-order valence-corrected chi connectivity index (χ2v) is 6.67. The van der Waals surface area contributed by atoms with E-state index in [1.807, 2.05) is 4.90 Å². The number of nitrogens with zero attached hydrogens (tertiary/aromatic N) is 1. The van der Waals surface area contributed by atoms with Crippen LogP contribution in [0.1, 0.15) is 32.1 Å². The number of amides is 2. The summed E-state index contributed by atoms with van der Waals surface area (Å²) >= 11 is 0. The number of nitrogens with one attached hydrogen (secondary N) is 1. The summed E-state index contributed by atoms with van der Waals surface area (Å²) in [4.78, 5) is 26.7. The van der Waals surface area contributed by atoms with Crippen LogP contribution < -0.4 is 20.5 Å². The third-order valence-corrected chi connectivity index (χ3v) is 5.10. The van der Waals surface area contributed by atoms with E-state index >= 15 is 0 Å². The van der Waals surface area contributed by atoms with E-state index in [1.54, 1.807) is 12.1 Å². The van der Waals surface area contributed by atoms with Crippen molar-refractivity contribution in [3.63, 3.8) is 0 Å². The quantitative estimate of drug-likeness (QED) is 0.798. The van der Waals surface area contributed by atoms with E-state index in [0.717, 1.165) is 12.8 Å². The molecule has 0 bridgehead atoms. The molecule has 3 aliphatic rings. The third-order valence-electron chi connectivity index (χ3n) is 5.10. The highest BCUT2D eigenvalue weighted by atomic mass is 35.5. The van der Waals surface area contributed by atoms with Crippen LogP contribution in [0.2, 0.25) is 0 Å². The first-order valence-corrected chi connectivity index (χ1v) is 8.41. The zero-order valence-electron chi connectivity index (χ0n) is 13.8. The molecule has 1 aliphatic carbocycles. The molecule has 1 saturated carbocycles. The predicted molar refractivity (Wildman–Crippen MR) is 94.9 cm³/mol. The maximum Gasteiger partial charge on any atom is 0.231 e. The molecule has 1 saturated heterocycles. The van der Waals surface area contributed by atoms with Gasteiger partial charge in [-0.25, -0.2) is 0 Å². The number of hydrogen-bond donors (Lipinski definition) is 2. The van der Waals surface area contributed by atoms with Gasteiger partial charge in [0.25, 0.3) is 0 Å². The number of carbonyl (C=O) groups is 2. The van der Waals surface area contributed by atoms with Crippen LogP contribution in [0.15, 0.2) is 12.1 Å². The molecule has 3 N–H and O–H groups in total. The number of carbonyl (C=O) groups excluding carboxylic acids is 2. The molecule has 1 atom stereocenters. The van der Waals surface area contributed by atoms with Crippen LogP contribution in [0.4, 0.5) is 11.4 Å². The number of likely N-dealkylation sites (tertiary alicyclic amines) is 1. The minimum Gasteiger partial charge on any atom is -0.454 e. The van der Waals surface area contributed by atoms with E-state index in [-0.39, 0.29) is 43.4 Å². The van der Waals surface area contributed by atoms with Crippen molar-refractivity contribution in [3.8, 4) is 11.5 Å². The van der Waals surface area contributed by atoms with Crippen molar-refractivity contribution in [1.29, 1.82) is 0 Å². The molecule has 2 amide bonds. The fourth-order valence-corrected chi connectivity index (χ4v) is 3.78. The lowest BCUT2D eigenvalue weighted by molar-refractivity contribution is -0.129. The molecule has 2 aliphatic heterocycles. The van der Waals surface area contributed by atoms with Gasteiger partial charge in [0.2, 0.25) is 18.6 Å². The van der Waals surface area contributed by atoms with Gasteiger partial charge < -0.3 is 25.4 Å². The van der Waals surface area contributed by atoms with E-state index < -0.39 is 0 Å². The van der Waals surface area contributed by atoms with E-state index in [2.05, 4.69) is 5.32 Å². The Hall–Kier alpha value is -2.15. The highest BCUT2D eigenvalue weighted by molar-refractivity contribution is 5.99. The molecule has 1 aromatic rings. The number of anilines is 2. The molecule has 4 rings (SSSR count). The Bertz CT molecular complexity index is 691. The molecule has 25 heavy (non-hydrogen) atoms. The number of hydrogen-bond acceptors (Lipinski definition) is 5. The van der Waals surface area contributed by atoms with Gasteiger partial charge in [-0.05, 0) is 12.8 Å². The van der Waals surface area contributed by atoms with Gasteiger partial charge in [-0.1, -0.05) is 12.8 Å². The van der Waals surface area contributed by atoms with E-state index in [1.165, 1.54) is 12.8 Å². The number of nitrogen functional groups attached to an aromatic ring is 1. The Balaban J connectivity index is 0.00000182. The number of benzene rings is 1. The first-order chi connectivity index (χ1) is 11.6. The second-order valence-electron chi connectivity index (χ2n) is 6.67. The van der Waals surface area contributed by atoms with Gasteiger partial charge in [-0.15, -0.1) is 12.4 Å². The van der Waals surface area contributed by atoms with Gasteiger partial charge in [-0.3, -0.25) is 9.59 Å². The lowest BCUT2D eigenvalue weighted by Crippen LogP contribution is -2.35. The number of rotatable bonds is 3. The topological polar surface area (TPSA) is 93.9 Å². The van der Waals surface area contributed by atoms with Crippen molar-refractivity contribution in [2.75, 3.05) is 24.4 Å². The van der Waals surface area contributed by atoms with Gasteiger partial charge in [0, 0.05) is 31.1 Å². The average molecular weight is 368 g/mol. The summed E-state index contributed by atoms with van der Waals surface area (Å²) in [6, 6.07) is 3.62. The largest absolute Gasteiger partial charge is 0.454 e. The molecular formula is C17H22ClN3O4. The van der Waals surface area contributed by atoms with Crippen molar-refractivity contribution >= 4 is 35.6 Å². The van der Waals surface area contributed by atoms with Crippen molar-refractivity contribution in [2.45, 2.75) is 38.1 Å². The molecule has 8 heteroatoms. The second kappa shape index (κ2) is 7.00.